The molecular formula is C24H49NO2. The minimum absolute atomic E-state index is 0.185. The average Bonchev–Trinajstić information content (AvgIpc) is 2.65. The van der Waals surface area contributed by atoms with Crippen LogP contribution >= 0.6 is 0 Å². The summed E-state index contributed by atoms with van der Waals surface area (Å²) < 4.78 is 0. The van der Waals surface area contributed by atoms with E-state index in [0.717, 1.165) is 12.0 Å². The zero-order valence-electron chi connectivity index (χ0n) is 19.0. The fourth-order valence-electron chi connectivity index (χ4n) is 2.74. The van der Waals surface area contributed by atoms with Crippen LogP contribution in [0, 0.1) is 11.8 Å². The van der Waals surface area contributed by atoms with Gasteiger partial charge in [-0.15, -0.1) is 0 Å². The molecule has 0 saturated heterocycles. The molecule has 0 aromatic rings. The molecule has 0 bridgehead atoms. The highest BCUT2D eigenvalue weighted by atomic mass is 16.3. The molecular weight excluding hydrogens is 334 g/mol. The van der Waals surface area contributed by atoms with Crippen molar-refractivity contribution in [2.45, 2.75) is 104 Å². The largest absolute Gasteiger partial charge is 0.396 e. The molecule has 0 radical (unpaired) electrons. The third kappa shape index (κ3) is 19.8. The van der Waals surface area contributed by atoms with Crippen LogP contribution in [0.5, 0.6) is 0 Å². The Morgan fingerprint density at radius 2 is 1.37 bits per heavy atom. The molecule has 3 heteroatoms. The van der Waals surface area contributed by atoms with Crippen LogP contribution in [0.1, 0.15) is 98.3 Å². The summed E-state index contributed by atoms with van der Waals surface area (Å²) in [4.78, 5) is 0. The SMILES string of the molecule is C=C(C)C(O)CC(C)C(C)CO.C=C(CCCCCCCCCCC)NC. The third-order valence-corrected chi connectivity index (χ3v) is 5.36. The van der Waals surface area contributed by atoms with Gasteiger partial charge in [0.2, 0.25) is 0 Å². The molecule has 0 heterocycles. The van der Waals surface area contributed by atoms with Crippen molar-refractivity contribution in [3.05, 3.63) is 24.4 Å². The maximum Gasteiger partial charge on any atom is 0.0747 e. The zero-order chi connectivity index (χ0) is 21.1. The first kappa shape index (κ1) is 28.4. The Balaban J connectivity index is 0. The van der Waals surface area contributed by atoms with Crippen LogP contribution in [0.15, 0.2) is 24.4 Å². The van der Waals surface area contributed by atoms with Gasteiger partial charge in [0.05, 0.1) is 6.10 Å². The molecule has 0 amide bonds. The van der Waals surface area contributed by atoms with Gasteiger partial charge in [0.25, 0.3) is 0 Å². The van der Waals surface area contributed by atoms with Crippen LogP contribution in [0.3, 0.4) is 0 Å². The molecule has 0 aromatic carbocycles. The molecule has 27 heavy (non-hydrogen) atoms. The average molecular weight is 384 g/mol. The van der Waals surface area contributed by atoms with E-state index in [-0.39, 0.29) is 12.5 Å². The van der Waals surface area contributed by atoms with E-state index >= 15 is 0 Å². The second-order valence-corrected chi connectivity index (χ2v) is 8.17. The molecule has 3 nitrogen and oxygen atoms in total. The number of rotatable bonds is 16. The van der Waals surface area contributed by atoms with Crippen LogP contribution in [0.4, 0.5) is 0 Å². The van der Waals surface area contributed by atoms with E-state index in [9.17, 15) is 5.11 Å². The van der Waals surface area contributed by atoms with Crippen molar-refractivity contribution < 1.29 is 10.2 Å². The van der Waals surface area contributed by atoms with E-state index < -0.39 is 6.10 Å². The molecule has 0 rings (SSSR count). The zero-order valence-corrected chi connectivity index (χ0v) is 19.0. The van der Waals surface area contributed by atoms with Crippen LogP contribution in [0.25, 0.3) is 0 Å². The van der Waals surface area contributed by atoms with Crippen molar-refractivity contribution in [3.63, 3.8) is 0 Å². The summed E-state index contributed by atoms with van der Waals surface area (Å²) in [5.74, 6) is 0.584. The highest BCUT2D eigenvalue weighted by Gasteiger charge is 2.15. The fraction of sp³-hybridized carbons (Fsp3) is 0.833. The molecule has 0 aliphatic rings. The summed E-state index contributed by atoms with van der Waals surface area (Å²) in [6, 6.07) is 0. The molecule has 3 unspecified atom stereocenters. The summed E-state index contributed by atoms with van der Waals surface area (Å²) in [7, 11) is 1.95. The molecule has 0 spiro atoms. The smallest absolute Gasteiger partial charge is 0.0747 e. The lowest BCUT2D eigenvalue weighted by molar-refractivity contribution is 0.134. The normalized spacial score (nSPS) is 13.9. The van der Waals surface area contributed by atoms with Gasteiger partial charge in [-0.1, -0.05) is 90.9 Å². The number of nitrogens with one attached hydrogen (secondary N) is 1. The first-order valence-electron chi connectivity index (χ1n) is 11.1. The first-order chi connectivity index (χ1) is 12.8. The molecule has 0 saturated carbocycles. The minimum Gasteiger partial charge on any atom is -0.396 e. The van der Waals surface area contributed by atoms with Crippen LogP contribution in [-0.4, -0.2) is 30.0 Å². The van der Waals surface area contributed by atoms with E-state index in [1.807, 2.05) is 27.8 Å². The predicted octanol–water partition coefficient (Wildman–Crippen LogP) is 6.22. The van der Waals surface area contributed by atoms with Gasteiger partial charge in [-0.2, -0.15) is 0 Å². The van der Waals surface area contributed by atoms with E-state index in [1.165, 1.54) is 63.5 Å². The Bertz CT molecular complexity index is 354. The lowest BCUT2D eigenvalue weighted by Crippen LogP contribution is -2.19. The monoisotopic (exact) mass is 383 g/mol. The van der Waals surface area contributed by atoms with Crippen molar-refractivity contribution in [1.29, 1.82) is 0 Å². The number of unbranched alkanes of at least 4 members (excludes halogenated alkanes) is 8. The van der Waals surface area contributed by atoms with Crippen LogP contribution in [0.2, 0.25) is 0 Å². The summed E-state index contributed by atoms with van der Waals surface area (Å²) in [5.41, 5.74) is 1.98. The van der Waals surface area contributed by atoms with E-state index in [2.05, 4.69) is 25.4 Å². The van der Waals surface area contributed by atoms with E-state index in [1.54, 1.807) is 0 Å². The van der Waals surface area contributed by atoms with Gasteiger partial charge in [-0.25, -0.2) is 0 Å². The lowest BCUT2D eigenvalue weighted by atomic mass is 9.90. The molecule has 3 N–H and O–H groups in total. The molecule has 0 fully saturated rings. The number of hydrogen-bond acceptors (Lipinski definition) is 3. The second-order valence-electron chi connectivity index (χ2n) is 8.17. The fourth-order valence-corrected chi connectivity index (χ4v) is 2.74. The highest BCUT2D eigenvalue weighted by molar-refractivity contribution is 4.97. The molecule has 0 aliphatic heterocycles. The second kappa shape index (κ2) is 19.9. The van der Waals surface area contributed by atoms with Gasteiger partial charge in [0.15, 0.2) is 0 Å². The van der Waals surface area contributed by atoms with Crippen LogP contribution in [-0.2, 0) is 0 Å². The number of allylic oxidation sites excluding steroid dienone is 1. The number of aliphatic hydroxyl groups excluding tert-OH is 2. The molecule has 162 valence electrons. The van der Waals surface area contributed by atoms with Crippen LogP contribution < -0.4 is 5.32 Å². The maximum atomic E-state index is 9.46. The molecule has 3 atom stereocenters. The number of hydrogen-bond donors (Lipinski definition) is 3. The van der Waals surface area contributed by atoms with Crippen molar-refractivity contribution in [2.75, 3.05) is 13.7 Å². The predicted molar refractivity (Wildman–Crippen MR) is 121 cm³/mol. The number of aliphatic hydroxyl groups is 2. The molecule has 0 aromatic heterocycles. The van der Waals surface area contributed by atoms with Gasteiger partial charge in [-0.3, -0.25) is 0 Å². The Labute approximate surface area is 170 Å². The van der Waals surface area contributed by atoms with E-state index in [0.29, 0.717) is 12.3 Å². The Morgan fingerprint density at radius 3 is 1.78 bits per heavy atom. The van der Waals surface area contributed by atoms with Crippen molar-refractivity contribution >= 4 is 0 Å². The third-order valence-electron chi connectivity index (χ3n) is 5.36. The summed E-state index contributed by atoms with van der Waals surface area (Å²) in [5, 5.41) is 21.4. The Morgan fingerprint density at radius 1 is 0.889 bits per heavy atom. The van der Waals surface area contributed by atoms with Gasteiger partial charge in [-0.05, 0) is 38.0 Å². The van der Waals surface area contributed by atoms with Gasteiger partial charge in [0.1, 0.15) is 0 Å². The first-order valence-corrected chi connectivity index (χ1v) is 11.1. The lowest BCUT2D eigenvalue weighted by Gasteiger charge is -2.20. The van der Waals surface area contributed by atoms with Crippen molar-refractivity contribution in [3.8, 4) is 0 Å². The summed E-state index contributed by atoms with van der Waals surface area (Å²) in [6.45, 7) is 15.9. The minimum atomic E-state index is -0.422. The van der Waals surface area contributed by atoms with Crippen molar-refractivity contribution in [1.82, 2.24) is 5.32 Å². The standard InChI is InChI=1S/C14H29N.C10H20O2/c1-4-5-6-7-8-9-10-11-12-13-14(2)15-3;1-7(2)10(12)5-8(3)9(4)6-11/h15H,2,4-13H2,1,3H3;8-12H,1,5-6H2,2-4H3. The van der Waals surface area contributed by atoms with Gasteiger partial charge < -0.3 is 15.5 Å². The highest BCUT2D eigenvalue weighted by Crippen LogP contribution is 2.18. The van der Waals surface area contributed by atoms with Gasteiger partial charge >= 0.3 is 0 Å². The summed E-state index contributed by atoms with van der Waals surface area (Å²) >= 11 is 0. The van der Waals surface area contributed by atoms with E-state index in [4.69, 9.17) is 5.11 Å². The maximum absolute atomic E-state index is 9.46. The Kier molecular flexibility index (Phi) is 21.0. The quantitative estimate of drug-likeness (QED) is 0.219. The van der Waals surface area contributed by atoms with Crippen molar-refractivity contribution in [2.24, 2.45) is 11.8 Å². The topological polar surface area (TPSA) is 52.5 Å². The Hall–Kier alpha value is -0.800. The van der Waals surface area contributed by atoms with Gasteiger partial charge in [0, 0.05) is 19.4 Å². The summed E-state index contributed by atoms with van der Waals surface area (Å²) in [6.07, 6.45) is 14.0. The molecule has 0 aliphatic carbocycles.